The van der Waals surface area contributed by atoms with E-state index in [0.29, 0.717) is 0 Å². The fourth-order valence-corrected chi connectivity index (χ4v) is 5.38. The first-order chi connectivity index (χ1) is 19.7. The molecule has 0 spiro atoms. The Morgan fingerprint density at radius 3 is 2.45 bits per heavy atom. The topological polar surface area (TPSA) is 22.6 Å². The molecule has 40 heavy (non-hydrogen) atoms. The number of likely N-dealkylation sites (N-methyl/N-ethyl adjacent to an activating group) is 1. The lowest BCUT2D eigenvalue weighted by Crippen LogP contribution is -2.27. The smallest absolute Gasteiger partial charge is 0.0642 e. The number of benzene rings is 3. The standard InChI is InChI=1S/C36H32N4/c1-28-12-5-3-8-17-35-34(18-9-19-36(35)39(28)30-13-6-4-7-14-30)29-20-22-31(23-21-29)40(32-15-10-24-37-26-32)33-16-11-25-38(2)27-33/h3-16,18-26H,1,17,27H2,2H3/b8-3-,12-5-. The summed E-state index contributed by atoms with van der Waals surface area (Å²) in [7, 11) is 2.09. The minimum atomic E-state index is 0.818. The van der Waals surface area contributed by atoms with Crippen molar-refractivity contribution in [3.05, 3.63) is 164 Å². The van der Waals surface area contributed by atoms with E-state index in [1.807, 2.05) is 24.5 Å². The van der Waals surface area contributed by atoms with E-state index in [1.165, 1.54) is 22.4 Å². The molecular weight excluding hydrogens is 488 g/mol. The number of pyridine rings is 1. The third-order valence-corrected chi connectivity index (χ3v) is 7.22. The Bertz CT molecular complexity index is 1610. The number of nitrogens with zero attached hydrogens (tertiary/aromatic N) is 4. The zero-order chi connectivity index (χ0) is 27.3. The normalized spacial score (nSPS) is 16.3. The molecule has 0 amide bonds. The Morgan fingerprint density at radius 2 is 1.68 bits per heavy atom. The number of aromatic nitrogens is 1. The van der Waals surface area contributed by atoms with Gasteiger partial charge in [-0.1, -0.05) is 67.3 Å². The number of para-hydroxylation sites is 1. The van der Waals surface area contributed by atoms with Crippen molar-refractivity contribution in [2.45, 2.75) is 6.42 Å². The van der Waals surface area contributed by atoms with Gasteiger partial charge in [0.15, 0.2) is 0 Å². The highest BCUT2D eigenvalue weighted by Gasteiger charge is 2.20. The van der Waals surface area contributed by atoms with Crippen molar-refractivity contribution in [2.75, 3.05) is 23.4 Å². The molecule has 0 unspecified atom stereocenters. The fourth-order valence-electron chi connectivity index (χ4n) is 5.38. The first kappa shape index (κ1) is 25.2. The van der Waals surface area contributed by atoms with Crippen LogP contribution in [0.3, 0.4) is 0 Å². The molecule has 0 fully saturated rings. The summed E-state index contributed by atoms with van der Waals surface area (Å²) < 4.78 is 0. The molecule has 0 radical (unpaired) electrons. The molecule has 6 rings (SSSR count). The van der Waals surface area contributed by atoms with Gasteiger partial charge in [-0.15, -0.1) is 0 Å². The molecule has 0 saturated carbocycles. The van der Waals surface area contributed by atoms with Gasteiger partial charge in [0.25, 0.3) is 0 Å². The molecule has 3 aromatic carbocycles. The quantitative estimate of drug-likeness (QED) is 0.263. The fraction of sp³-hybridized carbons (Fsp3) is 0.0833. The van der Waals surface area contributed by atoms with Crippen molar-refractivity contribution < 1.29 is 0 Å². The number of hydrogen-bond donors (Lipinski definition) is 0. The zero-order valence-electron chi connectivity index (χ0n) is 22.7. The highest BCUT2D eigenvalue weighted by molar-refractivity contribution is 5.82. The second-order valence-electron chi connectivity index (χ2n) is 9.97. The van der Waals surface area contributed by atoms with Crippen molar-refractivity contribution in [3.8, 4) is 11.1 Å². The summed E-state index contributed by atoms with van der Waals surface area (Å²) in [6, 6.07) is 30.0. The van der Waals surface area contributed by atoms with Gasteiger partial charge in [-0.2, -0.15) is 0 Å². The molecule has 0 aliphatic carbocycles. The van der Waals surface area contributed by atoms with Crippen LogP contribution in [-0.2, 0) is 6.42 Å². The monoisotopic (exact) mass is 520 g/mol. The molecule has 0 atom stereocenters. The van der Waals surface area contributed by atoms with Crippen LogP contribution >= 0.6 is 0 Å². The van der Waals surface area contributed by atoms with E-state index in [-0.39, 0.29) is 0 Å². The molecular formula is C36H32N4. The summed E-state index contributed by atoms with van der Waals surface area (Å²) in [5, 5.41) is 0. The van der Waals surface area contributed by atoms with Gasteiger partial charge in [0.1, 0.15) is 0 Å². The van der Waals surface area contributed by atoms with Crippen molar-refractivity contribution >= 4 is 22.7 Å². The molecule has 4 heteroatoms. The predicted molar refractivity (Wildman–Crippen MR) is 168 cm³/mol. The Balaban J connectivity index is 1.42. The lowest BCUT2D eigenvalue weighted by atomic mass is 9.94. The van der Waals surface area contributed by atoms with Gasteiger partial charge in [0.05, 0.1) is 24.1 Å². The van der Waals surface area contributed by atoms with Gasteiger partial charge < -0.3 is 14.7 Å². The van der Waals surface area contributed by atoms with Gasteiger partial charge in [0.2, 0.25) is 0 Å². The molecule has 3 heterocycles. The lowest BCUT2D eigenvalue weighted by Gasteiger charge is -2.31. The summed E-state index contributed by atoms with van der Waals surface area (Å²) in [4.78, 5) is 11.1. The third-order valence-electron chi connectivity index (χ3n) is 7.22. The maximum Gasteiger partial charge on any atom is 0.0642 e. The maximum absolute atomic E-state index is 4.41. The van der Waals surface area contributed by atoms with Crippen LogP contribution in [0, 0.1) is 0 Å². The molecule has 0 bridgehead atoms. The highest BCUT2D eigenvalue weighted by atomic mass is 15.2. The molecule has 196 valence electrons. The van der Waals surface area contributed by atoms with E-state index in [4.69, 9.17) is 0 Å². The summed E-state index contributed by atoms with van der Waals surface area (Å²) >= 11 is 0. The van der Waals surface area contributed by atoms with E-state index < -0.39 is 0 Å². The number of hydrogen-bond acceptors (Lipinski definition) is 4. The third kappa shape index (κ3) is 5.12. The Morgan fingerprint density at radius 1 is 0.825 bits per heavy atom. The minimum Gasteiger partial charge on any atom is -0.375 e. The summed E-state index contributed by atoms with van der Waals surface area (Å²) in [5.74, 6) is 0. The van der Waals surface area contributed by atoms with Crippen molar-refractivity contribution in [1.29, 1.82) is 0 Å². The van der Waals surface area contributed by atoms with Crippen molar-refractivity contribution in [1.82, 2.24) is 9.88 Å². The molecule has 0 N–H and O–H groups in total. The van der Waals surface area contributed by atoms with Crippen LogP contribution in [0.1, 0.15) is 5.56 Å². The first-order valence-electron chi connectivity index (χ1n) is 13.6. The first-order valence-corrected chi connectivity index (χ1v) is 13.6. The van der Waals surface area contributed by atoms with Gasteiger partial charge in [0, 0.05) is 36.0 Å². The Kier molecular flexibility index (Phi) is 7.14. The average molecular weight is 521 g/mol. The Labute approximate surface area is 236 Å². The summed E-state index contributed by atoms with van der Waals surface area (Å²) in [6.07, 6.45) is 19.4. The van der Waals surface area contributed by atoms with Gasteiger partial charge in [-0.05, 0) is 90.0 Å². The SMILES string of the molecule is C=C1/C=C\C=C/Cc2c(-c3ccc(N(C4=CC=CN(C)C4)c4cccnc4)cc3)cccc2N1c1ccccc1. The van der Waals surface area contributed by atoms with Gasteiger partial charge in [-0.25, -0.2) is 0 Å². The maximum atomic E-state index is 4.41. The average Bonchev–Trinajstić information content (AvgIpc) is 3.07. The Hall–Kier alpha value is -5.09. The van der Waals surface area contributed by atoms with Crippen LogP contribution in [0.2, 0.25) is 0 Å². The van der Waals surface area contributed by atoms with E-state index in [1.54, 1.807) is 0 Å². The summed E-state index contributed by atoms with van der Waals surface area (Å²) in [6.45, 7) is 5.23. The van der Waals surface area contributed by atoms with Gasteiger partial charge >= 0.3 is 0 Å². The van der Waals surface area contributed by atoms with Crippen LogP contribution < -0.4 is 9.80 Å². The molecule has 0 saturated heterocycles. The molecule has 1 aromatic heterocycles. The lowest BCUT2D eigenvalue weighted by molar-refractivity contribution is 0.487. The van der Waals surface area contributed by atoms with Crippen LogP contribution in [0.4, 0.5) is 22.7 Å². The second kappa shape index (κ2) is 11.3. The predicted octanol–water partition coefficient (Wildman–Crippen LogP) is 8.55. The van der Waals surface area contributed by atoms with Crippen LogP contribution in [0.5, 0.6) is 0 Å². The van der Waals surface area contributed by atoms with E-state index in [0.717, 1.165) is 41.4 Å². The molecule has 4 aromatic rings. The van der Waals surface area contributed by atoms with Crippen molar-refractivity contribution in [3.63, 3.8) is 0 Å². The van der Waals surface area contributed by atoms with Crippen molar-refractivity contribution in [2.24, 2.45) is 0 Å². The van der Waals surface area contributed by atoms with E-state index in [2.05, 4.69) is 149 Å². The van der Waals surface area contributed by atoms with Gasteiger partial charge in [-0.3, -0.25) is 4.98 Å². The number of fused-ring (bicyclic) bond motifs is 1. The van der Waals surface area contributed by atoms with E-state index >= 15 is 0 Å². The minimum absolute atomic E-state index is 0.818. The number of allylic oxidation sites excluding steroid dienone is 6. The van der Waals surface area contributed by atoms with Crippen LogP contribution in [-0.4, -0.2) is 23.5 Å². The molecule has 2 aliphatic rings. The van der Waals surface area contributed by atoms with E-state index in [9.17, 15) is 0 Å². The highest BCUT2D eigenvalue weighted by Crippen LogP contribution is 2.39. The van der Waals surface area contributed by atoms with Crippen LogP contribution in [0.25, 0.3) is 11.1 Å². The molecule has 2 aliphatic heterocycles. The molecule has 4 nitrogen and oxygen atoms in total. The number of anilines is 4. The second-order valence-corrected chi connectivity index (χ2v) is 9.97. The summed E-state index contributed by atoms with van der Waals surface area (Å²) in [5.41, 5.74) is 10.2. The number of rotatable bonds is 5. The zero-order valence-corrected chi connectivity index (χ0v) is 22.7. The largest absolute Gasteiger partial charge is 0.375 e. The van der Waals surface area contributed by atoms with Crippen LogP contribution in [0.15, 0.2) is 158 Å².